The van der Waals surface area contributed by atoms with E-state index in [2.05, 4.69) is 15.6 Å². The zero-order chi connectivity index (χ0) is 20.3. The zero-order valence-electron chi connectivity index (χ0n) is 17.0. The van der Waals surface area contributed by atoms with Crippen LogP contribution in [0.4, 0.5) is 0 Å². The van der Waals surface area contributed by atoms with Crippen LogP contribution in [0.2, 0.25) is 0 Å². The molecule has 7 nitrogen and oxygen atoms in total. The summed E-state index contributed by atoms with van der Waals surface area (Å²) in [6.07, 6.45) is 2.70. The van der Waals surface area contributed by atoms with Crippen LogP contribution in [0, 0.1) is 0 Å². The molecule has 0 bridgehead atoms. The summed E-state index contributed by atoms with van der Waals surface area (Å²) in [6, 6.07) is 7.55. The van der Waals surface area contributed by atoms with Crippen molar-refractivity contribution >= 4 is 11.8 Å². The lowest BCUT2D eigenvalue weighted by molar-refractivity contribution is 0.0903. The van der Waals surface area contributed by atoms with Crippen LogP contribution < -0.4 is 15.4 Å². The lowest BCUT2D eigenvalue weighted by atomic mass is 10.1. The van der Waals surface area contributed by atoms with E-state index >= 15 is 0 Å². The number of rotatable bonds is 5. The highest BCUT2D eigenvalue weighted by Crippen LogP contribution is 2.22. The first-order chi connectivity index (χ1) is 13.3. The van der Waals surface area contributed by atoms with E-state index in [0.717, 1.165) is 36.3 Å². The summed E-state index contributed by atoms with van der Waals surface area (Å²) in [7, 11) is 1.60. The van der Waals surface area contributed by atoms with Crippen LogP contribution in [0.3, 0.4) is 0 Å². The number of nitrogens with zero attached hydrogens (tertiary/aromatic N) is 2. The molecular formula is C21H28N4O3. The second kappa shape index (κ2) is 8.04. The molecule has 28 heavy (non-hydrogen) atoms. The van der Waals surface area contributed by atoms with Crippen molar-refractivity contribution in [1.29, 1.82) is 0 Å². The number of aromatic nitrogens is 2. The summed E-state index contributed by atoms with van der Waals surface area (Å²) in [5.74, 6) is 0.512. The van der Waals surface area contributed by atoms with Gasteiger partial charge in [-0.25, -0.2) is 4.98 Å². The molecular weight excluding hydrogens is 356 g/mol. The van der Waals surface area contributed by atoms with Crippen molar-refractivity contribution in [2.75, 3.05) is 7.11 Å². The summed E-state index contributed by atoms with van der Waals surface area (Å²) < 4.78 is 7.22. The summed E-state index contributed by atoms with van der Waals surface area (Å²) in [5.41, 5.74) is 1.69. The summed E-state index contributed by atoms with van der Waals surface area (Å²) >= 11 is 0. The molecule has 0 fully saturated rings. The molecule has 1 aromatic carbocycles. The first-order valence-corrected chi connectivity index (χ1v) is 9.62. The number of carbonyl (C=O) groups is 2. The number of hydrogen-bond acceptors (Lipinski definition) is 4. The third kappa shape index (κ3) is 4.35. The zero-order valence-corrected chi connectivity index (χ0v) is 17.0. The van der Waals surface area contributed by atoms with Gasteiger partial charge in [-0.1, -0.05) is 18.2 Å². The highest BCUT2D eigenvalue weighted by atomic mass is 16.5. The van der Waals surface area contributed by atoms with E-state index in [1.807, 2.05) is 49.6 Å². The third-order valence-electron chi connectivity index (χ3n) is 4.66. The number of fused-ring (bicyclic) bond motifs is 1. The van der Waals surface area contributed by atoms with Crippen LogP contribution in [0.5, 0.6) is 5.75 Å². The molecule has 2 heterocycles. The van der Waals surface area contributed by atoms with Gasteiger partial charge in [0.15, 0.2) is 5.82 Å². The predicted octanol–water partition coefficient (Wildman–Crippen LogP) is 2.69. The Morgan fingerprint density at radius 3 is 2.64 bits per heavy atom. The Kier molecular flexibility index (Phi) is 5.72. The average molecular weight is 384 g/mol. The van der Waals surface area contributed by atoms with Crippen LogP contribution in [0.25, 0.3) is 0 Å². The number of nitrogens with one attached hydrogen (secondary N) is 2. The second-order valence-electron chi connectivity index (χ2n) is 8.04. The minimum atomic E-state index is -0.371. The number of hydrogen-bond donors (Lipinski definition) is 2. The fourth-order valence-corrected chi connectivity index (χ4v) is 3.40. The van der Waals surface area contributed by atoms with Crippen LogP contribution >= 0.6 is 0 Å². The highest BCUT2D eigenvalue weighted by Gasteiger charge is 2.28. The van der Waals surface area contributed by atoms with Gasteiger partial charge in [0.05, 0.1) is 12.8 Å². The Balaban J connectivity index is 1.83. The third-order valence-corrected chi connectivity index (χ3v) is 4.66. The highest BCUT2D eigenvalue weighted by molar-refractivity contribution is 5.97. The monoisotopic (exact) mass is 384 g/mol. The Labute approximate surface area is 165 Å². The Morgan fingerprint density at radius 2 is 1.93 bits per heavy atom. The van der Waals surface area contributed by atoms with Crippen LogP contribution in [0.1, 0.15) is 66.0 Å². The second-order valence-corrected chi connectivity index (χ2v) is 8.04. The lowest BCUT2D eigenvalue weighted by Gasteiger charge is -2.22. The number of amides is 2. The normalized spacial score (nSPS) is 13.6. The van der Waals surface area contributed by atoms with Crippen molar-refractivity contribution in [2.24, 2.45) is 0 Å². The topological polar surface area (TPSA) is 85.2 Å². The standard InChI is InChI=1S/C21H28N4O3/c1-21(2,3)24-20(27)18-23-17(15-10-7-8-12-25(15)18)19(26)22-13-14-9-5-6-11-16(14)28-4/h5-6,9,11H,7-8,10,12-13H2,1-4H3,(H,22,26)(H,24,27). The first kappa shape index (κ1) is 19.9. The predicted molar refractivity (Wildman–Crippen MR) is 107 cm³/mol. The molecule has 2 aromatic rings. The van der Waals surface area contributed by atoms with Crippen molar-refractivity contribution in [3.8, 4) is 5.75 Å². The quantitative estimate of drug-likeness (QED) is 0.830. The number of methoxy groups -OCH3 is 1. The Bertz CT molecular complexity index is 880. The van der Waals surface area contributed by atoms with Crippen molar-refractivity contribution < 1.29 is 14.3 Å². The molecule has 0 unspecified atom stereocenters. The van der Waals surface area contributed by atoms with Crippen LogP contribution in [-0.4, -0.2) is 34.0 Å². The van der Waals surface area contributed by atoms with E-state index < -0.39 is 0 Å². The number of carbonyl (C=O) groups excluding carboxylic acids is 2. The molecule has 0 radical (unpaired) electrons. The number of benzene rings is 1. The van der Waals surface area contributed by atoms with Crippen molar-refractivity contribution in [3.63, 3.8) is 0 Å². The van der Waals surface area contributed by atoms with Gasteiger partial charge in [-0.15, -0.1) is 0 Å². The molecule has 0 saturated carbocycles. The number of para-hydroxylation sites is 1. The van der Waals surface area contributed by atoms with Gasteiger partial charge in [0.25, 0.3) is 11.8 Å². The molecule has 0 spiro atoms. The fraction of sp³-hybridized carbons (Fsp3) is 0.476. The molecule has 2 N–H and O–H groups in total. The lowest BCUT2D eigenvalue weighted by Crippen LogP contribution is -2.42. The molecule has 0 saturated heterocycles. The van der Waals surface area contributed by atoms with Gasteiger partial charge in [0.2, 0.25) is 0 Å². The first-order valence-electron chi connectivity index (χ1n) is 9.62. The van der Waals surface area contributed by atoms with Crippen molar-refractivity contribution in [1.82, 2.24) is 20.2 Å². The summed E-state index contributed by atoms with van der Waals surface area (Å²) in [6.45, 7) is 6.80. The fourth-order valence-electron chi connectivity index (χ4n) is 3.40. The molecule has 1 aliphatic rings. The molecule has 0 aliphatic carbocycles. The van der Waals surface area contributed by atoms with Crippen LogP contribution in [-0.2, 0) is 19.5 Å². The Hall–Kier alpha value is -2.83. The van der Waals surface area contributed by atoms with Gasteiger partial charge in [0, 0.05) is 24.2 Å². The van der Waals surface area contributed by atoms with Gasteiger partial charge in [-0.2, -0.15) is 0 Å². The smallest absolute Gasteiger partial charge is 0.287 e. The molecule has 7 heteroatoms. The summed E-state index contributed by atoms with van der Waals surface area (Å²) in [5, 5.41) is 5.85. The van der Waals surface area contributed by atoms with Gasteiger partial charge >= 0.3 is 0 Å². The number of imidazole rings is 1. The summed E-state index contributed by atoms with van der Waals surface area (Å²) in [4.78, 5) is 30.0. The van der Waals surface area contributed by atoms with E-state index in [-0.39, 0.29) is 17.4 Å². The molecule has 2 amide bonds. The number of ether oxygens (including phenoxy) is 1. The van der Waals surface area contributed by atoms with Gasteiger partial charge in [-0.05, 0) is 46.1 Å². The maximum Gasteiger partial charge on any atom is 0.287 e. The maximum atomic E-state index is 12.9. The van der Waals surface area contributed by atoms with E-state index in [1.54, 1.807) is 7.11 Å². The largest absolute Gasteiger partial charge is 0.496 e. The van der Waals surface area contributed by atoms with Gasteiger partial charge in [0.1, 0.15) is 11.4 Å². The van der Waals surface area contributed by atoms with Gasteiger partial charge < -0.3 is 19.9 Å². The van der Waals surface area contributed by atoms with Gasteiger partial charge in [-0.3, -0.25) is 9.59 Å². The Morgan fingerprint density at radius 1 is 1.18 bits per heavy atom. The minimum Gasteiger partial charge on any atom is -0.496 e. The average Bonchev–Trinajstić information content (AvgIpc) is 3.05. The molecule has 3 rings (SSSR count). The van der Waals surface area contributed by atoms with E-state index in [4.69, 9.17) is 4.74 Å². The molecule has 1 aromatic heterocycles. The van der Waals surface area contributed by atoms with E-state index in [9.17, 15) is 9.59 Å². The molecule has 150 valence electrons. The van der Waals surface area contributed by atoms with Crippen LogP contribution in [0.15, 0.2) is 24.3 Å². The minimum absolute atomic E-state index is 0.251. The molecule has 0 atom stereocenters. The van der Waals surface area contributed by atoms with E-state index in [0.29, 0.717) is 24.6 Å². The van der Waals surface area contributed by atoms with Crippen molar-refractivity contribution in [2.45, 2.75) is 58.7 Å². The SMILES string of the molecule is COc1ccccc1CNC(=O)c1nc(C(=O)NC(C)(C)C)n2c1CCCC2. The molecule has 1 aliphatic heterocycles. The van der Waals surface area contributed by atoms with Crippen molar-refractivity contribution in [3.05, 3.63) is 47.0 Å². The van der Waals surface area contributed by atoms with E-state index in [1.165, 1.54) is 0 Å². The maximum absolute atomic E-state index is 12.9.